The van der Waals surface area contributed by atoms with Crippen molar-refractivity contribution in [3.05, 3.63) is 17.5 Å². The van der Waals surface area contributed by atoms with Crippen LogP contribution in [0.4, 0.5) is 0 Å². The number of ether oxygens (including phenoxy) is 1. The maximum absolute atomic E-state index is 12.7. The minimum Gasteiger partial charge on any atom is -0.379 e. The van der Waals surface area contributed by atoms with Crippen LogP contribution in [0.1, 0.15) is 25.7 Å². The van der Waals surface area contributed by atoms with E-state index in [2.05, 4.69) is 4.90 Å². The average molecular weight is 357 g/mol. The van der Waals surface area contributed by atoms with Gasteiger partial charge in [0.05, 0.1) is 13.2 Å². The van der Waals surface area contributed by atoms with Crippen molar-refractivity contribution in [2.75, 3.05) is 39.4 Å². The van der Waals surface area contributed by atoms with Crippen LogP contribution in [0.5, 0.6) is 0 Å². The van der Waals surface area contributed by atoms with Crippen LogP contribution in [0.3, 0.4) is 0 Å². The molecule has 5 nitrogen and oxygen atoms in total. The highest BCUT2D eigenvalue weighted by Crippen LogP contribution is 2.52. The highest BCUT2D eigenvalue weighted by molar-refractivity contribution is 7.91. The SMILES string of the molecule is O=S(=O)(c1cccs1)N1CCC2(CCC2N2CCOCC2)CC1. The largest absolute Gasteiger partial charge is 0.379 e. The molecule has 1 unspecified atom stereocenters. The van der Waals surface area contributed by atoms with Crippen LogP contribution in [0.25, 0.3) is 0 Å². The molecule has 0 radical (unpaired) electrons. The minimum absolute atomic E-state index is 0.346. The third-order valence-corrected chi connectivity index (χ3v) is 9.19. The second-order valence-corrected chi connectivity index (χ2v) is 10.0. The monoisotopic (exact) mass is 356 g/mol. The number of hydrogen-bond donors (Lipinski definition) is 0. The summed E-state index contributed by atoms with van der Waals surface area (Å²) in [6, 6.07) is 4.16. The molecule has 23 heavy (non-hydrogen) atoms. The molecule has 1 saturated carbocycles. The molecular weight excluding hydrogens is 332 g/mol. The summed E-state index contributed by atoms with van der Waals surface area (Å²) < 4.78 is 33.0. The van der Waals surface area contributed by atoms with Crippen molar-refractivity contribution in [2.45, 2.75) is 35.9 Å². The van der Waals surface area contributed by atoms with E-state index in [1.807, 2.05) is 11.4 Å². The Labute approximate surface area is 142 Å². The summed E-state index contributed by atoms with van der Waals surface area (Å²) in [7, 11) is -3.28. The number of thiophene rings is 1. The molecule has 0 amide bonds. The smallest absolute Gasteiger partial charge is 0.252 e. The van der Waals surface area contributed by atoms with Gasteiger partial charge >= 0.3 is 0 Å². The predicted octanol–water partition coefficient (Wildman–Crippen LogP) is 2.01. The first kappa shape index (κ1) is 16.0. The molecule has 128 valence electrons. The summed E-state index contributed by atoms with van der Waals surface area (Å²) >= 11 is 1.31. The Morgan fingerprint density at radius 1 is 1.13 bits per heavy atom. The van der Waals surface area contributed by atoms with Crippen LogP contribution in [0.15, 0.2) is 21.7 Å². The van der Waals surface area contributed by atoms with E-state index in [0.29, 0.717) is 28.8 Å². The Kier molecular flexibility index (Phi) is 4.26. The highest BCUT2D eigenvalue weighted by atomic mass is 32.2. The van der Waals surface area contributed by atoms with E-state index in [9.17, 15) is 8.42 Å². The summed E-state index contributed by atoms with van der Waals surface area (Å²) in [6.45, 7) is 5.08. The number of hydrogen-bond acceptors (Lipinski definition) is 5. The van der Waals surface area contributed by atoms with Gasteiger partial charge in [-0.2, -0.15) is 4.31 Å². The first-order valence-corrected chi connectivity index (χ1v) is 10.8. The van der Waals surface area contributed by atoms with E-state index in [1.54, 1.807) is 10.4 Å². The summed E-state index contributed by atoms with van der Waals surface area (Å²) in [4.78, 5) is 2.58. The van der Waals surface area contributed by atoms with Gasteiger partial charge in [0.15, 0.2) is 0 Å². The second kappa shape index (κ2) is 6.11. The van der Waals surface area contributed by atoms with Crippen molar-refractivity contribution in [1.29, 1.82) is 0 Å². The van der Waals surface area contributed by atoms with Gasteiger partial charge in [0.2, 0.25) is 0 Å². The van der Waals surface area contributed by atoms with E-state index in [0.717, 1.165) is 39.1 Å². The molecule has 0 aromatic carbocycles. The molecule has 2 saturated heterocycles. The van der Waals surface area contributed by atoms with Crippen molar-refractivity contribution in [3.8, 4) is 0 Å². The van der Waals surface area contributed by atoms with Crippen LogP contribution in [-0.2, 0) is 14.8 Å². The zero-order chi connectivity index (χ0) is 15.9. The van der Waals surface area contributed by atoms with Gasteiger partial charge in [0.1, 0.15) is 4.21 Å². The Morgan fingerprint density at radius 2 is 1.87 bits per heavy atom. The molecule has 1 aromatic heterocycles. The Morgan fingerprint density at radius 3 is 2.43 bits per heavy atom. The molecule has 1 aromatic rings. The summed E-state index contributed by atoms with van der Waals surface area (Å²) in [5.41, 5.74) is 0.346. The summed E-state index contributed by atoms with van der Waals surface area (Å²) in [5.74, 6) is 0. The molecule has 1 aliphatic carbocycles. The van der Waals surface area contributed by atoms with Crippen LogP contribution in [-0.4, -0.2) is 63.1 Å². The predicted molar refractivity (Wildman–Crippen MR) is 90.2 cm³/mol. The molecule has 0 N–H and O–H groups in total. The van der Waals surface area contributed by atoms with E-state index in [4.69, 9.17) is 4.74 Å². The van der Waals surface area contributed by atoms with E-state index < -0.39 is 10.0 Å². The fourth-order valence-corrected chi connectivity index (χ4v) is 7.02. The van der Waals surface area contributed by atoms with Crippen molar-refractivity contribution in [2.24, 2.45) is 5.41 Å². The van der Waals surface area contributed by atoms with E-state index in [-0.39, 0.29) is 0 Å². The average Bonchev–Trinajstić information content (AvgIpc) is 3.10. The van der Waals surface area contributed by atoms with Gasteiger partial charge < -0.3 is 4.74 Å². The maximum Gasteiger partial charge on any atom is 0.252 e. The fourth-order valence-electron chi connectivity index (χ4n) is 4.43. The third kappa shape index (κ3) is 2.76. The second-order valence-electron chi connectivity index (χ2n) is 6.90. The third-order valence-electron chi connectivity index (χ3n) is 5.92. The summed E-state index contributed by atoms with van der Waals surface area (Å²) in [6.07, 6.45) is 4.51. The number of sulfonamides is 1. The molecule has 7 heteroatoms. The van der Waals surface area contributed by atoms with Gasteiger partial charge in [0.25, 0.3) is 10.0 Å². The maximum atomic E-state index is 12.7. The standard InChI is InChI=1S/C16H24N2O3S2/c19-23(20,15-2-1-13-22-15)18-7-5-16(6-8-18)4-3-14(16)17-9-11-21-12-10-17/h1-2,13-14H,3-12H2. The lowest BCUT2D eigenvalue weighted by atomic mass is 9.59. The van der Waals surface area contributed by atoms with Crippen LogP contribution >= 0.6 is 11.3 Å². The molecule has 1 spiro atoms. The van der Waals surface area contributed by atoms with Crippen LogP contribution in [0.2, 0.25) is 0 Å². The fraction of sp³-hybridized carbons (Fsp3) is 0.750. The lowest BCUT2D eigenvalue weighted by molar-refractivity contribution is -0.0906. The Bertz CT molecular complexity index is 630. The minimum atomic E-state index is -3.28. The normalized spacial score (nSPS) is 29.5. The Hall–Kier alpha value is -0.470. The topological polar surface area (TPSA) is 49.9 Å². The first-order valence-electron chi connectivity index (χ1n) is 8.47. The van der Waals surface area contributed by atoms with Crippen molar-refractivity contribution >= 4 is 21.4 Å². The molecule has 3 heterocycles. The summed E-state index contributed by atoms with van der Waals surface area (Å²) in [5, 5.41) is 1.83. The van der Waals surface area contributed by atoms with E-state index in [1.165, 1.54) is 24.2 Å². The Balaban J connectivity index is 1.43. The molecular formula is C16H24N2O3S2. The van der Waals surface area contributed by atoms with Crippen LogP contribution < -0.4 is 0 Å². The van der Waals surface area contributed by atoms with E-state index >= 15 is 0 Å². The molecule has 2 aliphatic heterocycles. The van der Waals surface area contributed by atoms with Crippen molar-refractivity contribution in [1.82, 2.24) is 9.21 Å². The van der Waals surface area contributed by atoms with Gasteiger partial charge in [-0.3, -0.25) is 4.90 Å². The zero-order valence-corrected chi connectivity index (χ0v) is 14.9. The number of morpholine rings is 1. The number of rotatable bonds is 3. The molecule has 3 fully saturated rings. The molecule has 0 bridgehead atoms. The van der Waals surface area contributed by atoms with Gasteiger partial charge in [0, 0.05) is 32.2 Å². The molecule has 3 aliphatic rings. The van der Waals surface area contributed by atoms with Crippen LogP contribution in [0, 0.1) is 5.41 Å². The quantitative estimate of drug-likeness (QED) is 0.831. The first-order chi connectivity index (χ1) is 11.1. The van der Waals surface area contributed by atoms with Crippen molar-refractivity contribution in [3.63, 3.8) is 0 Å². The van der Waals surface area contributed by atoms with Gasteiger partial charge in [-0.1, -0.05) is 6.07 Å². The van der Waals surface area contributed by atoms with Gasteiger partial charge in [-0.15, -0.1) is 11.3 Å². The number of nitrogens with zero attached hydrogens (tertiary/aromatic N) is 2. The zero-order valence-electron chi connectivity index (χ0n) is 13.3. The van der Waals surface area contributed by atoms with Gasteiger partial charge in [-0.25, -0.2) is 8.42 Å². The van der Waals surface area contributed by atoms with Gasteiger partial charge in [-0.05, 0) is 42.5 Å². The molecule has 4 rings (SSSR count). The highest BCUT2D eigenvalue weighted by Gasteiger charge is 2.51. The molecule has 1 atom stereocenters. The van der Waals surface area contributed by atoms with Crippen molar-refractivity contribution < 1.29 is 13.2 Å². The lowest BCUT2D eigenvalue weighted by Crippen LogP contribution is -2.61. The lowest BCUT2D eigenvalue weighted by Gasteiger charge is -2.58. The number of piperidine rings is 1.